The van der Waals surface area contributed by atoms with Crippen LogP contribution in [-0.2, 0) is 4.79 Å². The first-order valence-corrected chi connectivity index (χ1v) is 4.05. The van der Waals surface area contributed by atoms with Crippen LogP contribution in [-0.4, -0.2) is 11.1 Å². The Labute approximate surface area is 66.9 Å². The molecule has 0 spiro atoms. The summed E-state index contributed by atoms with van der Waals surface area (Å²) in [5.41, 5.74) is 0.403. The van der Waals surface area contributed by atoms with Gasteiger partial charge in [-0.15, -0.1) is 0 Å². The van der Waals surface area contributed by atoms with Gasteiger partial charge in [-0.1, -0.05) is 19.9 Å². The monoisotopic (exact) mass is 154 g/mol. The molecule has 0 bridgehead atoms. The van der Waals surface area contributed by atoms with Gasteiger partial charge in [-0.3, -0.25) is 0 Å². The van der Waals surface area contributed by atoms with Gasteiger partial charge in [0.25, 0.3) is 0 Å². The number of carboxylic acid groups (broad SMARTS) is 1. The summed E-state index contributed by atoms with van der Waals surface area (Å²) in [6.07, 6.45) is 4.07. The summed E-state index contributed by atoms with van der Waals surface area (Å²) < 4.78 is 0. The highest BCUT2D eigenvalue weighted by Crippen LogP contribution is 2.54. The minimum atomic E-state index is -0.823. The lowest BCUT2D eigenvalue weighted by Crippen LogP contribution is -2.12. The Hall–Kier alpha value is -0.790. The average molecular weight is 154 g/mol. The van der Waals surface area contributed by atoms with Crippen molar-refractivity contribution in [2.75, 3.05) is 0 Å². The van der Waals surface area contributed by atoms with E-state index < -0.39 is 5.97 Å². The summed E-state index contributed by atoms with van der Waals surface area (Å²) in [6.45, 7) is 5.69. The fraction of sp³-hybridized carbons (Fsp3) is 0.667. The molecule has 2 heteroatoms. The normalized spacial score (nSPS) is 19.4. The van der Waals surface area contributed by atoms with Crippen molar-refractivity contribution in [2.24, 2.45) is 5.41 Å². The molecule has 1 aliphatic rings. The third kappa shape index (κ3) is 1.44. The number of hydrogen-bond donors (Lipinski definition) is 1. The molecule has 1 rings (SSSR count). The molecule has 2 nitrogen and oxygen atoms in total. The number of carboxylic acids is 1. The van der Waals surface area contributed by atoms with E-state index in [1.54, 1.807) is 0 Å². The molecule has 0 aliphatic heterocycles. The van der Waals surface area contributed by atoms with Crippen LogP contribution in [0, 0.1) is 5.41 Å². The predicted octanol–water partition coefficient (Wildman–Crippen LogP) is 2.21. The maximum absolute atomic E-state index is 10.6. The summed E-state index contributed by atoms with van der Waals surface area (Å²) in [6, 6.07) is 0. The van der Waals surface area contributed by atoms with Crippen LogP contribution >= 0.6 is 0 Å². The number of carbonyl (C=O) groups is 1. The van der Waals surface area contributed by atoms with Gasteiger partial charge in [0.2, 0.25) is 0 Å². The van der Waals surface area contributed by atoms with Gasteiger partial charge >= 0.3 is 5.97 Å². The molecule has 1 aliphatic carbocycles. The van der Waals surface area contributed by atoms with Gasteiger partial charge < -0.3 is 5.11 Å². The van der Waals surface area contributed by atoms with Crippen molar-refractivity contribution >= 4 is 5.97 Å². The Kier molecular flexibility index (Phi) is 2.03. The van der Waals surface area contributed by atoms with E-state index in [1.807, 2.05) is 0 Å². The highest BCUT2D eigenvalue weighted by molar-refractivity contribution is 5.88. The lowest BCUT2D eigenvalue weighted by atomic mass is 9.92. The quantitative estimate of drug-likeness (QED) is 0.630. The van der Waals surface area contributed by atoms with Crippen LogP contribution in [0.4, 0.5) is 0 Å². The summed E-state index contributed by atoms with van der Waals surface area (Å²) >= 11 is 0. The third-order valence-corrected chi connectivity index (χ3v) is 2.48. The first kappa shape index (κ1) is 8.31. The van der Waals surface area contributed by atoms with Crippen molar-refractivity contribution < 1.29 is 9.90 Å². The molecule has 1 N–H and O–H groups in total. The van der Waals surface area contributed by atoms with Gasteiger partial charge in [-0.2, -0.15) is 0 Å². The molecule has 62 valence electrons. The molecule has 0 radical (unpaired) electrons. The Balaban J connectivity index is 2.58. The lowest BCUT2D eigenvalue weighted by Gasteiger charge is -2.12. The van der Waals surface area contributed by atoms with Gasteiger partial charge in [0.1, 0.15) is 0 Å². The van der Waals surface area contributed by atoms with E-state index in [4.69, 9.17) is 5.11 Å². The molecular formula is C9H14O2. The van der Waals surface area contributed by atoms with E-state index in [-0.39, 0.29) is 5.41 Å². The topological polar surface area (TPSA) is 37.3 Å². The standard InChI is InChI=1S/C9H14O2/c1-3-4-9(5-6-9)7(2)8(10)11/h2-6H2,1H3,(H,10,11). The van der Waals surface area contributed by atoms with E-state index >= 15 is 0 Å². The molecule has 0 unspecified atom stereocenters. The van der Waals surface area contributed by atoms with E-state index in [9.17, 15) is 4.79 Å². The van der Waals surface area contributed by atoms with Gasteiger partial charge in [0, 0.05) is 11.0 Å². The van der Waals surface area contributed by atoms with Crippen molar-refractivity contribution in [3.63, 3.8) is 0 Å². The second-order valence-corrected chi connectivity index (χ2v) is 3.31. The average Bonchev–Trinajstić information content (AvgIpc) is 2.69. The third-order valence-electron chi connectivity index (χ3n) is 2.48. The Morgan fingerprint density at radius 1 is 1.64 bits per heavy atom. The molecule has 1 saturated carbocycles. The fourth-order valence-electron chi connectivity index (χ4n) is 1.56. The molecule has 0 atom stereocenters. The van der Waals surface area contributed by atoms with Crippen molar-refractivity contribution in [3.05, 3.63) is 12.2 Å². The first-order valence-electron chi connectivity index (χ1n) is 4.05. The second-order valence-electron chi connectivity index (χ2n) is 3.31. The minimum absolute atomic E-state index is 0.0133. The molecule has 11 heavy (non-hydrogen) atoms. The number of aliphatic carboxylic acids is 1. The Morgan fingerprint density at radius 3 is 2.45 bits per heavy atom. The van der Waals surface area contributed by atoms with E-state index in [1.165, 1.54) is 0 Å². The zero-order valence-corrected chi connectivity index (χ0v) is 6.89. The van der Waals surface area contributed by atoms with Gasteiger partial charge in [0.15, 0.2) is 0 Å². The Morgan fingerprint density at radius 2 is 2.18 bits per heavy atom. The molecule has 0 amide bonds. The van der Waals surface area contributed by atoms with E-state index in [0.717, 1.165) is 25.7 Å². The maximum Gasteiger partial charge on any atom is 0.331 e. The molecule has 0 heterocycles. The van der Waals surface area contributed by atoms with Crippen LogP contribution in [0.2, 0.25) is 0 Å². The summed E-state index contributed by atoms with van der Waals surface area (Å²) in [7, 11) is 0. The summed E-state index contributed by atoms with van der Waals surface area (Å²) in [5, 5.41) is 8.68. The first-order chi connectivity index (χ1) is 5.12. The van der Waals surface area contributed by atoms with Crippen LogP contribution in [0.15, 0.2) is 12.2 Å². The van der Waals surface area contributed by atoms with E-state index in [0.29, 0.717) is 5.57 Å². The number of hydrogen-bond acceptors (Lipinski definition) is 1. The summed E-state index contributed by atoms with van der Waals surface area (Å²) in [4.78, 5) is 10.6. The largest absolute Gasteiger partial charge is 0.478 e. The smallest absolute Gasteiger partial charge is 0.331 e. The van der Waals surface area contributed by atoms with Crippen molar-refractivity contribution in [1.82, 2.24) is 0 Å². The van der Waals surface area contributed by atoms with Crippen LogP contribution in [0.25, 0.3) is 0 Å². The Bertz CT molecular complexity index is 190. The molecule has 0 aromatic heterocycles. The van der Waals surface area contributed by atoms with E-state index in [2.05, 4.69) is 13.5 Å². The zero-order chi connectivity index (χ0) is 8.48. The van der Waals surface area contributed by atoms with Gasteiger partial charge in [-0.25, -0.2) is 4.79 Å². The highest BCUT2D eigenvalue weighted by Gasteiger charge is 2.46. The van der Waals surface area contributed by atoms with Crippen LogP contribution in [0.3, 0.4) is 0 Å². The number of rotatable bonds is 4. The highest BCUT2D eigenvalue weighted by atomic mass is 16.4. The van der Waals surface area contributed by atoms with Gasteiger partial charge in [0.05, 0.1) is 0 Å². The summed E-state index contributed by atoms with van der Waals surface area (Å²) in [5.74, 6) is -0.823. The molecular weight excluding hydrogens is 140 g/mol. The minimum Gasteiger partial charge on any atom is -0.478 e. The lowest BCUT2D eigenvalue weighted by molar-refractivity contribution is -0.133. The van der Waals surface area contributed by atoms with Crippen molar-refractivity contribution in [1.29, 1.82) is 0 Å². The molecule has 0 saturated heterocycles. The SMILES string of the molecule is C=C(C(=O)O)C1(CCC)CC1. The van der Waals surface area contributed by atoms with Gasteiger partial charge in [-0.05, 0) is 19.3 Å². The van der Waals surface area contributed by atoms with Crippen molar-refractivity contribution in [3.8, 4) is 0 Å². The molecule has 0 aromatic rings. The van der Waals surface area contributed by atoms with Crippen LogP contribution < -0.4 is 0 Å². The van der Waals surface area contributed by atoms with Crippen molar-refractivity contribution in [2.45, 2.75) is 32.6 Å². The van der Waals surface area contributed by atoms with Crippen LogP contribution in [0.5, 0.6) is 0 Å². The predicted molar refractivity (Wildman–Crippen MR) is 43.4 cm³/mol. The molecule has 0 aromatic carbocycles. The second kappa shape index (κ2) is 2.68. The zero-order valence-electron chi connectivity index (χ0n) is 6.89. The van der Waals surface area contributed by atoms with Crippen LogP contribution in [0.1, 0.15) is 32.6 Å². The molecule has 1 fully saturated rings. The maximum atomic E-state index is 10.6. The fourth-order valence-corrected chi connectivity index (χ4v) is 1.56.